The van der Waals surface area contributed by atoms with Gasteiger partial charge in [-0.25, -0.2) is 9.37 Å². The lowest BCUT2D eigenvalue weighted by molar-refractivity contribution is 0.0566. The first kappa shape index (κ1) is 23.8. The minimum atomic E-state index is -1.29. The lowest BCUT2D eigenvalue weighted by Gasteiger charge is -2.12. The molecule has 0 aliphatic carbocycles. The molecule has 32 heavy (non-hydrogen) atoms. The first-order valence-corrected chi connectivity index (χ1v) is 11.2. The Kier molecular flexibility index (Phi) is 8.68. The summed E-state index contributed by atoms with van der Waals surface area (Å²) in [6, 6.07) is 8.04. The zero-order valence-corrected chi connectivity index (χ0v) is 18.7. The van der Waals surface area contributed by atoms with Gasteiger partial charge in [-0.1, -0.05) is 38.0 Å². The molecule has 0 saturated heterocycles. The van der Waals surface area contributed by atoms with Crippen LogP contribution < -0.4 is 0 Å². The van der Waals surface area contributed by atoms with E-state index >= 15 is 0 Å². The average molecular weight is 441 g/mol. The summed E-state index contributed by atoms with van der Waals surface area (Å²) < 4.78 is 33.6. The summed E-state index contributed by atoms with van der Waals surface area (Å²) >= 11 is 0. The van der Waals surface area contributed by atoms with Crippen LogP contribution in [0.1, 0.15) is 57.9 Å². The number of hydrogen-bond donors (Lipinski definition) is 1. The molecule has 1 unspecified atom stereocenters. The second kappa shape index (κ2) is 11.7. The number of benzene rings is 2. The van der Waals surface area contributed by atoms with E-state index in [0.29, 0.717) is 11.0 Å². The molecule has 0 amide bonds. The van der Waals surface area contributed by atoms with Crippen molar-refractivity contribution in [3.63, 3.8) is 0 Å². The van der Waals surface area contributed by atoms with Gasteiger partial charge in [0.15, 0.2) is 11.6 Å². The first-order valence-electron chi connectivity index (χ1n) is 11.2. The number of phenolic OH excluding ortho intramolecular Hbond substituents is 1. The van der Waals surface area contributed by atoms with Crippen molar-refractivity contribution >= 4 is 17.1 Å². The summed E-state index contributed by atoms with van der Waals surface area (Å²) in [5, 5.41) is 9.29. The molecule has 2 aromatic carbocycles. The van der Waals surface area contributed by atoms with Gasteiger partial charge in [0.05, 0.1) is 29.0 Å². The van der Waals surface area contributed by atoms with E-state index in [9.17, 15) is 13.9 Å². The predicted octanol–water partition coefficient (Wildman–Crippen LogP) is 7.06. The second-order valence-corrected chi connectivity index (χ2v) is 7.99. The third-order valence-electron chi connectivity index (χ3n) is 5.35. The molecule has 4 nitrogen and oxygen atoms in total. The highest BCUT2D eigenvalue weighted by atomic mass is 19.2. The van der Waals surface area contributed by atoms with Crippen LogP contribution in [0.3, 0.4) is 0 Å². The van der Waals surface area contributed by atoms with E-state index in [1.54, 1.807) is 0 Å². The summed E-state index contributed by atoms with van der Waals surface area (Å²) in [5.74, 6) is -3.16. The van der Waals surface area contributed by atoms with Gasteiger partial charge < -0.3 is 9.84 Å². The number of phenols is 1. The van der Waals surface area contributed by atoms with Crippen LogP contribution >= 0.6 is 0 Å². The molecule has 0 fully saturated rings. The Balaban J connectivity index is 1.57. The van der Waals surface area contributed by atoms with Gasteiger partial charge in [0.25, 0.3) is 0 Å². The monoisotopic (exact) mass is 440 g/mol. The number of fused-ring (bicyclic) bond motifs is 1. The molecule has 3 rings (SSSR count). The molecule has 1 heterocycles. The molecule has 0 aliphatic heterocycles. The van der Waals surface area contributed by atoms with E-state index in [2.05, 4.69) is 36.0 Å². The van der Waals surface area contributed by atoms with Gasteiger partial charge >= 0.3 is 0 Å². The SMILES string of the molecule is CCCCCOC(C)CCC/C=C/c1ccc2nc(-c3ccc(O)c(F)c3F)cnc2c1. The Labute approximate surface area is 188 Å². The fourth-order valence-electron chi connectivity index (χ4n) is 3.46. The van der Waals surface area contributed by atoms with Crippen molar-refractivity contribution in [2.24, 2.45) is 0 Å². The molecule has 1 N–H and O–H groups in total. The lowest BCUT2D eigenvalue weighted by Crippen LogP contribution is -2.08. The average Bonchev–Trinajstić information content (AvgIpc) is 2.80. The van der Waals surface area contributed by atoms with Crippen LogP contribution in [-0.2, 0) is 4.74 Å². The van der Waals surface area contributed by atoms with Crippen LogP contribution in [-0.4, -0.2) is 27.8 Å². The highest BCUT2D eigenvalue weighted by Crippen LogP contribution is 2.28. The highest BCUT2D eigenvalue weighted by molar-refractivity contribution is 5.79. The number of aromatic hydroxyl groups is 1. The lowest BCUT2D eigenvalue weighted by atomic mass is 10.1. The van der Waals surface area contributed by atoms with Crippen LogP contribution in [0.4, 0.5) is 8.78 Å². The molecule has 0 radical (unpaired) electrons. The fraction of sp³-hybridized carbons (Fsp3) is 0.385. The van der Waals surface area contributed by atoms with E-state index in [1.807, 2.05) is 18.2 Å². The maximum absolute atomic E-state index is 14.1. The van der Waals surface area contributed by atoms with Gasteiger partial charge in [-0.3, -0.25) is 4.98 Å². The van der Waals surface area contributed by atoms with Crippen LogP contribution in [0, 0.1) is 11.6 Å². The Morgan fingerprint density at radius 1 is 1.06 bits per heavy atom. The number of unbranched alkanes of at least 4 members (excludes halogenated alkanes) is 3. The number of halogens is 2. The van der Waals surface area contributed by atoms with Crippen molar-refractivity contribution in [3.8, 4) is 17.0 Å². The number of rotatable bonds is 11. The largest absolute Gasteiger partial charge is 0.505 e. The molecular weight excluding hydrogens is 410 g/mol. The summed E-state index contributed by atoms with van der Waals surface area (Å²) in [6.07, 6.45) is 12.5. The Morgan fingerprint density at radius 2 is 1.91 bits per heavy atom. The minimum absolute atomic E-state index is 0.0396. The van der Waals surface area contributed by atoms with E-state index < -0.39 is 17.4 Å². The topological polar surface area (TPSA) is 55.2 Å². The van der Waals surface area contributed by atoms with Crippen molar-refractivity contribution in [2.75, 3.05) is 6.61 Å². The van der Waals surface area contributed by atoms with Gasteiger partial charge in [0.2, 0.25) is 5.82 Å². The van der Waals surface area contributed by atoms with Crippen LogP contribution in [0.2, 0.25) is 0 Å². The van der Waals surface area contributed by atoms with E-state index in [1.165, 1.54) is 25.1 Å². The van der Waals surface area contributed by atoms with Crippen LogP contribution in [0.5, 0.6) is 5.75 Å². The van der Waals surface area contributed by atoms with E-state index in [0.717, 1.165) is 43.9 Å². The van der Waals surface area contributed by atoms with Crippen molar-refractivity contribution in [3.05, 3.63) is 59.8 Å². The van der Waals surface area contributed by atoms with Gasteiger partial charge in [-0.05, 0) is 62.4 Å². The maximum Gasteiger partial charge on any atom is 0.201 e. The molecule has 170 valence electrons. The molecule has 3 aromatic rings. The Bertz CT molecular complexity index is 1070. The smallest absolute Gasteiger partial charge is 0.201 e. The molecule has 0 spiro atoms. The molecule has 0 bridgehead atoms. The zero-order valence-electron chi connectivity index (χ0n) is 18.7. The maximum atomic E-state index is 14.1. The number of hydrogen-bond acceptors (Lipinski definition) is 4. The zero-order chi connectivity index (χ0) is 22.9. The summed E-state index contributed by atoms with van der Waals surface area (Å²) in [4.78, 5) is 8.75. The predicted molar refractivity (Wildman–Crippen MR) is 124 cm³/mol. The minimum Gasteiger partial charge on any atom is -0.505 e. The van der Waals surface area contributed by atoms with E-state index in [4.69, 9.17) is 4.74 Å². The van der Waals surface area contributed by atoms with Gasteiger partial charge in [0.1, 0.15) is 0 Å². The standard InChI is InChI=1S/C26H30F2N2O2/c1-3-4-8-15-32-18(2)9-6-5-7-10-19-11-13-21-22(16-19)29-17-23(30-21)20-12-14-24(31)26(28)25(20)27/h7,10-14,16-18,31H,3-6,8-9,15H2,1-2H3/b10-7+. The number of aromatic nitrogens is 2. The van der Waals surface area contributed by atoms with Gasteiger partial charge in [-0.15, -0.1) is 0 Å². The molecule has 0 saturated carbocycles. The number of allylic oxidation sites excluding steroid dienone is 1. The normalized spacial score (nSPS) is 12.6. The summed E-state index contributed by atoms with van der Waals surface area (Å²) in [7, 11) is 0. The molecular formula is C26H30F2N2O2. The molecule has 6 heteroatoms. The van der Waals surface area contributed by atoms with Crippen molar-refractivity contribution in [1.82, 2.24) is 9.97 Å². The van der Waals surface area contributed by atoms with Crippen molar-refractivity contribution in [2.45, 2.75) is 58.5 Å². The quantitative estimate of drug-likeness (QED) is 0.324. The summed E-state index contributed by atoms with van der Waals surface area (Å²) in [6.45, 7) is 5.17. The molecule has 0 aliphatic rings. The summed E-state index contributed by atoms with van der Waals surface area (Å²) in [5.41, 5.74) is 2.43. The van der Waals surface area contributed by atoms with Crippen LogP contribution in [0.25, 0.3) is 28.4 Å². The van der Waals surface area contributed by atoms with Gasteiger partial charge in [0, 0.05) is 12.2 Å². The third-order valence-corrected chi connectivity index (χ3v) is 5.35. The molecule has 1 aromatic heterocycles. The van der Waals surface area contributed by atoms with Crippen molar-refractivity contribution in [1.29, 1.82) is 0 Å². The number of ether oxygens (including phenoxy) is 1. The third kappa shape index (κ3) is 6.33. The van der Waals surface area contributed by atoms with E-state index in [-0.39, 0.29) is 17.4 Å². The first-order chi connectivity index (χ1) is 15.5. The molecule has 1 atom stereocenters. The van der Waals surface area contributed by atoms with Crippen LogP contribution in [0.15, 0.2) is 42.6 Å². The van der Waals surface area contributed by atoms with Crippen molar-refractivity contribution < 1.29 is 18.6 Å². The number of nitrogens with zero attached hydrogens (tertiary/aromatic N) is 2. The highest BCUT2D eigenvalue weighted by Gasteiger charge is 2.15. The fourth-order valence-corrected chi connectivity index (χ4v) is 3.46. The second-order valence-electron chi connectivity index (χ2n) is 7.99. The Morgan fingerprint density at radius 3 is 2.72 bits per heavy atom. The Hall–Kier alpha value is -2.86. The van der Waals surface area contributed by atoms with Gasteiger partial charge in [-0.2, -0.15) is 4.39 Å².